The van der Waals surface area contributed by atoms with Gasteiger partial charge < -0.3 is 23.7 Å². The Morgan fingerprint density at radius 1 is 0.879 bits per heavy atom. The summed E-state index contributed by atoms with van der Waals surface area (Å²) >= 11 is 0. The molecule has 8 heteroatoms. The summed E-state index contributed by atoms with van der Waals surface area (Å²) in [7, 11) is 0. The first-order chi connectivity index (χ1) is 15.7. The molecule has 33 heavy (non-hydrogen) atoms. The van der Waals surface area contributed by atoms with Crippen molar-refractivity contribution >= 4 is 11.8 Å². The molecule has 1 atom stereocenters. The fraction of sp³-hybridized carbons (Fsp3) is 0.920. The van der Waals surface area contributed by atoms with Crippen LogP contribution in [0.3, 0.4) is 0 Å². The van der Waals surface area contributed by atoms with Gasteiger partial charge in [-0.05, 0) is 53.0 Å². The van der Waals surface area contributed by atoms with E-state index >= 15 is 0 Å². The second kappa shape index (κ2) is 10.3. The van der Waals surface area contributed by atoms with E-state index in [1.54, 1.807) is 0 Å². The lowest BCUT2D eigenvalue weighted by Gasteiger charge is -2.40. The summed E-state index contributed by atoms with van der Waals surface area (Å²) in [5, 5.41) is 0. The van der Waals surface area contributed by atoms with Crippen LogP contribution in [0.15, 0.2) is 0 Å². The first kappa shape index (κ1) is 25.0. The molecule has 5 rings (SSSR count). The minimum atomic E-state index is -0.409. The van der Waals surface area contributed by atoms with Crippen molar-refractivity contribution in [3.8, 4) is 0 Å². The molecule has 0 N–H and O–H groups in total. The number of carbonyl (C=O) groups excluding carboxylic acids is 2. The Bertz CT molecular complexity index is 669. The van der Waals surface area contributed by atoms with Gasteiger partial charge in [0, 0.05) is 44.6 Å². The van der Waals surface area contributed by atoms with E-state index in [1.807, 2.05) is 20.8 Å². The van der Waals surface area contributed by atoms with E-state index in [1.165, 1.54) is 0 Å². The average Bonchev–Trinajstić information content (AvgIpc) is 3.53. The summed E-state index contributed by atoms with van der Waals surface area (Å²) in [6.45, 7) is 9.62. The van der Waals surface area contributed by atoms with Crippen LogP contribution in [0.5, 0.6) is 0 Å². The minimum Gasteiger partial charge on any atom is -0.459 e. The van der Waals surface area contributed by atoms with Gasteiger partial charge in [0.15, 0.2) is 11.6 Å². The fourth-order valence-corrected chi connectivity index (χ4v) is 5.70. The summed E-state index contributed by atoms with van der Waals surface area (Å²) in [5.41, 5.74) is -0.409. The van der Waals surface area contributed by atoms with Crippen molar-refractivity contribution in [1.29, 1.82) is 0 Å². The van der Waals surface area contributed by atoms with E-state index < -0.39 is 5.60 Å². The van der Waals surface area contributed by atoms with Crippen molar-refractivity contribution < 1.29 is 33.3 Å². The second-order valence-electron chi connectivity index (χ2n) is 10.9. The standard InChI is InChI=1S/C17H29NO4.C8H12O3/c1-16(2,3)22-15(19)14-5-4-10-18(14)13-6-8-17(9-7-13)20-11-12-21-17;9-7-1-3-8(4-2-7)10-5-6-11-8/h13-14H,4-12H2,1-3H3;1-6H2/t14-;/m0./s1. The highest BCUT2D eigenvalue weighted by Crippen LogP contribution is 2.39. The Morgan fingerprint density at radius 3 is 1.91 bits per heavy atom. The molecular weight excluding hydrogens is 426 g/mol. The van der Waals surface area contributed by atoms with Gasteiger partial charge in [-0.15, -0.1) is 0 Å². The van der Waals surface area contributed by atoms with Crippen LogP contribution in [0.4, 0.5) is 0 Å². The number of hydrogen-bond acceptors (Lipinski definition) is 8. The molecule has 188 valence electrons. The van der Waals surface area contributed by atoms with Crippen molar-refractivity contribution in [2.75, 3.05) is 33.0 Å². The molecule has 8 nitrogen and oxygen atoms in total. The number of carbonyl (C=O) groups is 2. The molecule has 0 aromatic rings. The van der Waals surface area contributed by atoms with Crippen LogP contribution in [0, 0.1) is 0 Å². The highest BCUT2D eigenvalue weighted by Gasteiger charge is 2.45. The van der Waals surface area contributed by atoms with E-state index in [4.69, 9.17) is 23.7 Å². The molecule has 0 amide bonds. The highest BCUT2D eigenvalue weighted by atomic mass is 16.7. The minimum absolute atomic E-state index is 0.0568. The molecule has 3 heterocycles. The quantitative estimate of drug-likeness (QED) is 0.572. The molecule has 2 saturated carbocycles. The van der Waals surface area contributed by atoms with Crippen LogP contribution in [0.2, 0.25) is 0 Å². The zero-order chi connectivity index (χ0) is 23.5. The normalized spacial score (nSPS) is 29.9. The van der Waals surface area contributed by atoms with Crippen molar-refractivity contribution in [2.24, 2.45) is 0 Å². The van der Waals surface area contributed by atoms with E-state index in [0.717, 1.165) is 71.1 Å². The van der Waals surface area contributed by atoms with Gasteiger partial charge in [-0.25, -0.2) is 0 Å². The van der Waals surface area contributed by atoms with Crippen LogP contribution < -0.4 is 0 Å². The molecule has 5 fully saturated rings. The summed E-state index contributed by atoms with van der Waals surface area (Å²) in [6, 6.07) is 0.391. The molecule has 0 unspecified atom stereocenters. The monoisotopic (exact) mass is 467 g/mol. The number of likely N-dealkylation sites (tertiary alicyclic amines) is 1. The fourth-order valence-electron chi connectivity index (χ4n) is 5.70. The van der Waals surface area contributed by atoms with E-state index in [-0.39, 0.29) is 23.6 Å². The van der Waals surface area contributed by atoms with Crippen LogP contribution in [0.1, 0.15) is 85.0 Å². The Morgan fingerprint density at radius 2 is 1.39 bits per heavy atom. The van der Waals surface area contributed by atoms with Gasteiger partial charge in [0.05, 0.1) is 26.4 Å². The van der Waals surface area contributed by atoms with Crippen LogP contribution >= 0.6 is 0 Å². The zero-order valence-corrected chi connectivity index (χ0v) is 20.6. The van der Waals surface area contributed by atoms with E-state index in [9.17, 15) is 9.59 Å². The molecule has 3 saturated heterocycles. The van der Waals surface area contributed by atoms with Gasteiger partial charge in [-0.2, -0.15) is 0 Å². The molecule has 0 aromatic carbocycles. The summed E-state index contributed by atoms with van der Waals surface area (Å²) in [6.07, 6.45) is 8.72. The number of esters is 1. The molecule has 0 aromatic heterocycles. The molecule has 2 spiro atoms. The Kier molecular flexibility index (Phi) is 7.80. The van der Waals surface area contributed by atoms with Crippen molar-refractivity contribution in [3.05, 3.63) is 0 Å². The molecule has 0 bridgehead atoms. The summed E-state index contributed by atoms with van der Waals surface area (Å²) in [4.78, 5) is 25.7. The van der Waals surface area contributed by atoms with Crippen molar-refractivity contribution in [1.82, 2.24) is 4.90 Å². The van der Waals surface area contributed by atoms with Crippen LogP contribution in [-0.2, 0) is 33.3 Å². The summed E-state index contributed by atoms with van der Waals surface area (Å²) in [5.74, 6) is -0.403. The zero-order valence-electron chi connectivity index (χ0n) is 20.6. The lowest BCUT2D eigenvalue weighted by molar-refractivity contribution is -0.186. The van der Waals surface area contributed by atoms with Crippen molar-refractivity contribution in [2.45, 2.75) is 114 Å². The predicted octanol–water partition coefficient (Wildman–Crippen LogP) is 3.35. The lowest BCUT2D eigenvalue weighted by Crippen LogP contribution is -2.49. The molecular formula is C25H41NO7. The number of rotatable bonds is 2. The maximum Gasteiger partial charge on any atom is 0.323 e. The average molecular weight is 468 g/mol. The third kappa shape index (κ3) is 6.34. The molecule has 3 aliphatic heterocycles. The number of hydrogen-bond donors (Lipinski definition) is 0. The maximum absolute atomic E-state index is 12.5. The van der Waals surface area contributed by atoms with Gasteiger partial charge >= 0.3 is 5.97 Å². The number of nitrogens with zero attached hydrogens (tertiary/aromatic N) is 1. The Balaban J connectivity index is 0.000000196. The third-order valence-electron chi connectivity index (χ3n) is 7.36. The van der Waals surface area contributed by atoms with Gasteiger partial charge in [-0.3, -0.25) is 14.5 Å². The number of ether oxygens (including phenoxy) is 5. The smallest absolute Gasteiger partial charge is 0.323 e. The molecule has 0 radical (unpaired) electrons. The second-order valence-corrected chi connectivity index (χ2v) is 10.9. The molecule has 5 aliphatic rings. The Labute approximate surface area is 197 Å². The lowest BCUT2D eigenvalue weighted by atomic mass is 9.88. The van der Waals surface area contributed by atoms with Gasteiger partial charge in [0.2, 0.25) is 0 Å². The highest BCUT2D eigenvalue weighted by molar-refractivity contribution is 5.79. The number of ketones is 1. The third-order valence-corrected chi connectivity index (χ3v) is 7.36. The summed E-state index contributed by atoms with van der Waals surface area (Å²) < 4.78 is 28.1. The van der Waals surface area contributed by atoms with Crippen LogP contribution in [0.25, 0.3) is 0 Å². The van der Waals surface area contributed by atoms with Gasteiger partial charge in [-0.1, -0.05) is 0 Å². The first-order valence-corrected chi connectivity index (χ1v) is 12.8. The van der Waals surface area contributed by atoms with E-state index in [0.29, 0.717) is 37.9 Å². The number of Topliss-reactive ketones (excluding diaryl/α,β-unsaturated/α-hetero) is 1. The maximum atomic E-state index is 12.5. The molecule has 2 aliphatic carbocycles. The topological polar surface area (TPSA) is 83.5 Å². The van der Waals surface area contributed by atoms with Gasteiger partial charge in [0.1, 0.15) is 17.4 Å². The SMILES string of the molecule is CC(C)(C)OC(=O)[C@@H]1CCCN1C1CCC2(CC1)OCCO2.O=C1CCC2(CC1)OCCO2. The predicted molar refractivity (Wildman–Crippen MR) is 121 cm³/mol. The van der Waals surface area contributed by atoms with Crippen molar-refractivity contribution in [3.63, 3.8) is 0 Å². The van der Waals surface area contributed by atoms with E-state index in [2.05, 4.69) is 4.90 Å². The largest absolute Gasteiger partial charge is 0.459 e. The Hall–Kier alpha value is -1.06. The first-order valence-electron chi connectivity index (χ1n) is 12.8. The van der Waals surface area contributed by atoms with Gasteiger partial charge in [0.25, 0.3) is 0 Å². The van der Waals surface area contributed by atoms with Crippen LogP contribution in [-0.4, -0.2) is 78.9 Å².